The molecule has 1 aliphatic carbocycles. The van der Waals surface area contributed by atoms with Crippen LogP contribution >= 0.6 is 0 Å². The van der Waals surface area contributed by atoms with E-state index in [-0.39, 0.29) is 37.3 Å². The van der Waals surface area contributed by atoms with Gasteiger partial charge >= 0.3 is 21.1 Å². The van der Waals surface area contributed by atoms with Gasteiger partial charge in [0.15, 0.2) is 0 Å². The Morgan fingerprint density at radius 3 is 2.42 bits per heavy atom. The third kappa shape index (κ3) is 4.51. The van der Waals surface area contributed by atoms with Crippen LogP contribution in [0.15, 0.2) is 103 Å². The molecule has 0 fully saturated rings. The maximum absolute atomic E-state index is 8.69. The third-order valence-electron chi connectivity index (χ3n) is 12.7. The minimum absolute atomic E-state index is 0. The van der Waals surface area contributed by atoms with E-state index in [0.717, 1.165) is 83.9 Å². The van der Waals surface area contributed by atoms with Crippen LogP contribution in [-0.4, -0.2) is 18.9 Å². The predicted octanol–water partition coefficient (Wildman–Crippen LogP) is 11.9. The average molecular weight is 899 g/mol. The van der Waals surface area contributed by atoms with Gasteiger partial charge in [0.1, 0.15) is 5.82 Å². The summed E-state index contributed by atoms with van der Waals surface area (Å²) in [6.45, 7) is 11.2. The molecule has 4 aromatic heterocycles. The Morgan fingerprint density at radius 1 is 0.836 bits per heavy atom. The van der Waals surface area contributed by atoms with Gasteiger partial charge in [0.25, 0.3) is 0 Å². The third-order valence-corrected chi connectivity index (χ3v) is 12.7. The van der Waals surface area contributed by atoms with E-state index in [0.29, 0.717) is 17.1 Å². The molecule has 0 amide bonds. The number of benzene rings is 5. The zero-order chi connectivity index (χ0) is 39.4. The Bertz CT molecular complexity index is 3220. The molecule has 272 valence electrons. The molecule has 9 aromatic rings. The van der Waals surface area contributed by atoms with Crippen molar-refractivity contribution >= 4 is 49.1 Å². The molecule has 0 bridgehead atoms. The summed E-state index contributed by atoms with van der Waals surface area (Å²) in [5.74, 6) is 1.84. The van der Waals surface area contributed by atoms with E-state index >= 15 is 0 Å². The van der Waals surface area contributed by atoms with Gasteiger partial charge in [-0.1, -0.05) is 124 Å². The number of hydrogen-bond donors (Lipinski definition) is 0. The molecule has 1 atom stereocenters. The van der Waals surface area contributed by atoms with Gasteiger partial charge in [-0.25, -0.2) is 4.98 Å². The van der Waals surface area contributed by atoms with Crippen molar-refractivity contribution in [3.05, 3.63) is 143 Å². The molecule has 55 heavy (non-hydrogen) atoms. The number of nitrogens with zero attached hydrogens (tertiary/aromatic N) is 4. The summed E-state index contributed by atoms with van der Waals surface area (Å²) >= 11 is 0. The van der Waals surface area contributed by atoms with Crippen molar-refractivity contribution in [2.45, 2.75) is 71.1 Å². The molecule has 5 nitrogen and oxygen atoms in total. The summed E-state index contributed by atoms with van der Waals surface area (Å²) in [6.07, 6.45) is 2.72. The van der Waals surface area contributed by atoms with Gasteiger partial charge < -0.3 is 13.7 Å². The second kappa shape index (κ2) is 11.4. The molecule has 0 spiro atoms. The van der Waals surface area contributed by atoms with Gasteiger partial charge in [-0.3, -0.25) is 4.98 Å². The monoisotopic (exact) mass is 898 g/mol. The molecule has 6 heteroatoms. The smallest absolute Gasteiger partial charge is 0.503 e. The normalized spacial score (nSPS) is 18.0. The van der Waals surface area contributed by atoms with Crippen molar-refractivity contribution in [2.24, 2.45) is 0 Å². The zero-order valence-electron chi connectivity index (χ0n) is 34.5. The van der Waals surface area contributed by atoms with Crippen LogP contribution in [0.4, 0.5) is 0 Å². The summed E-state index contributed by atoms with van der Waals surface area (Å²) in [7, 11) is 0. The first-order chi connectivity index (χ1) is 27.1. The first-order valence-corrected chi connectivity index (χ1v) is 18.7. The number of pyridine rings is 2. The first kappa shape index (κ1) is 31.0. The summed E-state index contributed by atoms with van der Waals surface area (Å²) in [6, 6.07) is 40.1. The van der Waals surface area contributed by atoms with Gasteiger partial charge in [0.05, 0.1) is 11.3 Å². The Kier molecular flexibility index (Phi) is 6.43. The standard InChI is InChI=1S/C49H40N4O.Pt/c1-28-16-21-38-44-42(28)36-20-18-31(25-37(36)46-51-43-33-13-9-8-12-29(33)27-49(7,48(38,5)6)45(43)53(44)46)54-32-17-19-35-34-14-10-11-15-39(34)52(40(35)26-32)41-24-30(22-23-50-41)47(2,3)4;/h8-24H,27H2,1-7H3;/q-2;+2/i1D3;. The van der Waals surface area contributed by atoms with Crippen LogP contribution < -0.4 is 4.74 Å². The fraction of sp³-hybridized carbons (Fsp3) is 0.224. The van der Waals surface area contributed by atoms with Crippen LogP contribution in [0.25, 0.3) is 66.2 Å². The van der Waals surface area contributed by atoms with E-state index in [9.17, 15) is 0 Å². The number of fused-ring (bicyclic) bond motifs is 8. The van der Waals surface area contributed by atoms with Crippen molar-refractivity contribution in [3.63, 3.8) is 0 Å². The number of aryl methyl sites for hydroxylation is 1. The Morgan fingerprint density at radius 2 is 1.60 bits per heavy atom. The Hall–Kier alpha value is -5.25. The maximum atomic E-state index is 8.69. The topological polar surface area (TPSA) is 44.3 Å². The number of imidazole rings is 1. The second-order valence-electron chi connectivity index (χ2n) is 16.9. The number of rotatable bonds is 3. The summed E-state index contributed by atoms with van der Waals surface area (Å²) in [5.41, 5.74) is 9.97. The summed E-state index contributed by atoms with van der Waals surface area (Å²) < 4.78 is 37.1. The molecule has 5 heterocycles. The average Bonchev–Trinajstić information content (AvgIpc) is 3.74. The minimum Gasteiger partial charge on any atom is -0.503 e. The fourth-order valence-corrected chi connectivity index (χ4v) is 9.50. The van der Waals surface area contributed by atoms with E-state index in [2.05, 4.69) is 123 Å². The van der Waals surface area contributed by atoms with E-state index in [1.807, 2.05) is 42.6 Å². The molecular formula is C49H40N4OPt. The Balaban J connectivity index is 0.00000408. The van der Waals surface area contributed by atoms with Crippen LogP contribution in [0.1, 0.15) is 73.6 Å². The van der Waals surface area contributed by atoms with Gasteiger partial charge in [0, 0.05) is 54.9 Å². The number of ether oxygens (including phenoxy) is 1. The van der Waals surface area contributed by atoms with E-state index in [1.54, 1.807) is 0 Å². The number of hydrogen-bond acceptors (Lipinski definition) is 3. The fourth-order valence-electron chi connectivity index (χ4n) is 9.50. The van der Waals surface area contributed by atoms with Gasteiger partial charge in [-0.15, -0.1) is 29.7 Å². The van der Waals surface area contributed by atoms with Crippen LogP contribution in [0.3, 0.4) is 0 Å². The van der Waals surface area contributed by atoms with Crippen molar-refractivity contribution < 1.29 is 29.9 Å². The van der Waals surface area contributed by atoms with Crippen LogP contribution in [0.5, 0.6) is 11.5 Å². The maximum Gasteiger partial charge on any atom is 2.00 e. The van der Waals surface area contributed by atoms with Gasteiger partial charge in [0.2, 0.25) is 0 Å². The zero-order valence-corrected chi connectivity index (χ0v) is 33.8. The second-order valence-corrected chi connectivity index (χ2v) is 16.9. The molecule has 0 radical (unpaired) electrons. The van der Waals surface area contributed by atoms with Crippen molar-refractivity contribution in [1.82, 2.24) is 18.9 Å². The predicted molar refractivity (Wildman–Crippen MR) is 219 cm³/mol. The van der Waals surface area contributed by atoms with Crippen molar-refractivity contribution in [2.75, 3.05) is 0 Å². The van der Waals surface area contributed by atoms with Crippen molar-refractivity contribution in [1.29, 1.82) is 0 Å². The minimum atomic E-state index is -2.34. The number of aromatic nitrogens is 4. The molecular weight excluding hydrogens is 856 g/mol. The van der Waals surface area contributed by atoms with E-state index < -0.39 is 6.85 Å². The molecule has 2 aliphatic rings. The molecule has 1 aliphatic heterocycles. The van der Waals surface area contributed by atoms with Gasteiger partial charge in [-0.05, 0) is 64.3 Å². The summed E-state index contributed by atoms with van der Waals surface area (Å²) in [5, 5.41) is 4.38. The largest absolute Gasteiger partial charge is 2.00 e. The molecule has 5 aromatic carbocycles. The van der Waals surface area contributed by atoms with E-state index in [4.69, 9.17) is 18.8 Å². The SMILES string of the molecule is [2H]C([2H])([2H])c1ccc2c3c1c1ccc(Oc4[c-]c5c(cc4)c4ccccc4n5-c4cc(C(C)(C)C)ccn4)[c-]c1c1nc4c(n13)C(C)(Cc1ccccc1-4)C2(C)C.[Pt+2]. The van der Waals surface area contributed by atoms with Crippen molar-refractivity contribution in [3.8, 4) is 28.6 Å². The van der Waals surface area contributed by atoms with E-state index in [1.165, 1.54) is 11.1 Å². The molecule has 0 N–H and O–H groups in total. The molecule has 0 saturated heterocycles. The van der Waals surface area contributed by atoms with Crippen LogP contribution in [0, 0.1) is 19.0 Å². The quantitative estimate of drug-likeness (QED) is 0.131. The summed E-state index contributed by atoms with van der Waals surface area (Å²) in [4.78, 5) is 10.3. The molecule has 0 saturated carbocycles. The number of para-hydroxylation sites is 1. The molecule has 1 unspecified atom stereocenters. The Labute approximate surface area is 339 Å². The molecule has 11 rings (SSSR count). The van der Waals surface area contributed by atoms with Crippen LogP contribution in [0.2, 0.25) is 0 Å². The van der Waals surface area contributed by atoms with Gasteiger partial charge in [-0.2, -0.15) is 6.07 Å². The van der Waals surface area contributed by atoms with Crippen LogP contribution in [-0.2, 0) is 43.7 Å². The first-order valence-electron chi connectivity index (χ1n) is 20.2.